The number of nitrogens with zero attached hydrogens (tertiary/aromatic N) is 2. The average molecular weight is 309 g/mol. The van der Waals surface area contributed by atoms with Crippen molar-refractivity contribution in [2.24, 2.45) is 0 Å². The smallest absolute Gasteiger partial charge is 0.414 e. The van der Waals surface area contributed by atoms with Crippen molar-refractivity contribution >= 4 is 17.1 Å². The average Bonchev–Trinajstić information content (AvgIpc) is 2.60. The van der Waals surface area contributed by atoms with Crippen LogP contribution < -0.4 is 14.8 Å². The molecule has 0 spiro atoms. The molecule has 0 bridgehead atoms. The van der Waals surface area contributed by atoms with Gasteiger partial charge in [0.25, 0.3) is 0 Å². The van der Waals surface area contributed by atoms with Crippen LogP contribution in [-0.2, 0) is 6.54 Å². The number of amides is 1. The first-order valence-corrected chi connectivity index (χ1v) is 7.05. The van der Waals surface area contributed by atoms with Gasteiger partial charge in [0, 0.05) is 24.2 Å². The summed E-state index contributed by atoms with van der Waals surface area (Å²) in [6.07, 6.45) is 1.07. The van der Waals surface area contributed by atoms with Gasteiger partial charge in [0.05, 0.1) is 7.11 Å². The van der Waals surface area contributed by atoms with Gasteiger partial charge >= 0.3 is 6.09 Å². The van der Waals surface area contributed by atoms with Gasteiger partial charge in [-0.15, -0.1) is 0 Å². The number of benzene rings is 1. The Hall–Kier alpha value is -3.15. The fourth-order valence-electron chi connectivity index (χ4n) is 2.08. The third-order valence-corrected chi connectivity index (χ3v) is 3.21. The Kier molecular flexibility index (Phi) is 4.33. The van der Waals surface area contributed by atoms with Gasteiger partial charge in [-0.1, -0.05) is 12.1 Å². The van der Waals surface area contributed by atoms with Crippen LogP contribution in [0.1, 0.15) is 5.56 Å². The second-order valence-electron chi connectivity index (χ2n) is 4.79. The molecule has 23 heavy (non-hydrogen) atoms. The molecule has 0 atom stereocenters. The summed E-state index contributed by atoms with van der Waals surface area (Å²) in [5.74, 6) is 0.944. The number of aromatic nitrogens is 2. The molecule has 0 unspecified atom stereocenters. The third-order valence-electron chi connectivity index (χ3n) is 3.21. The molecule has 1 N–H and O–H groups in total. The molecule has 1 amide bonds. The molecule has 2 heterocycles. The monoisotopic (exact) mass is 309 g/mol. The maximum atomic E-state index is 11.9. The molecule has 2 aromatic heterocycles. The van der Waals surface area contributed by atoms with Crippen LogP contribution in [-0.4, -0.2) is 23.2 Å². The highest BCUT2D eigenvalue weighted by molar-refractivity contribution is 5.76. The normalized spacial score (nSPS) is 10.3. The highest BCUT2D eigenvalue weighted by Gasteiger charge is 2.07. The molecule has 0 saturated carbocycles. The van der Waals surface area contributed by atoms with Crippen LogP contribution in [0.4, 0.5) is 4.79 Å². The van der Waals surface area contributed by atoms with Gasteiger partial charge in [-0.3, -0.25) is 0 Å². The molecular weight excluding hydrogens is 294 g/mol. The van der Waals surface area contributed by atoms with Gasteiger partial charge in [-0.05, 0) is 35.9 Å². The van der Waals surface area contributed by atoms with Crippen molar-refractivity contribution in [2.75, 3.05) is 7.11 Å². The van der Waals surface area contributed by atoms with Gasteiger partial charge in [0.1, 0.15) is 5.75 Å². The van der Waals surface area contributed by atoms with Gasteiger partial charge in [-0.25, -0.2) is 9.78 Å². The Morgan fingerprint density at radius 2 is 2.09 bits per heavy atom. The topological polar surface area (TPSA) is 73.3 Å². The van der Waals surface area contributed by atoms with E-state index in [-0.39, 0.29) is 5.88 Å². The van der Waals surface area contributed by atoms with E-state index in [1.54, 1.807) is 25.4 Å². The minimum absolute atomic E-state index is 0.208. The van der Waals surface area contributed by atoms with Crippen LogP contribution >= 0.6 is 0 Å². The number of carbonyl (C=O) groups is 1. The van der Waals surface area contributed by atoms with Gasteiger partial charge in [-0.2, -0.15) is 4.98 Å². The summed E-state index contributed by atoms with van der Waals surface area (Å²) in [6, 6.07) is 14.6. The summed E-state index contributed by atoms with van der Waals surface area (Å²) in [5, 5.41) is 3.56. The number of rotatable bonds is 4. The number of fused-ring (bicyclic) bond motifs is 1. The van der Waals surface area contributed by atoms with Crippen molar-refractivity contribution in [1.29, 1.82) is 0 Å². The molecule has 3 rings (SSSR count). The van der Waals surface area contributed by atoms with E-state index in [1.807, 2.05) is 36.4 Å². The lowest BCUT2D eigenvalue weighted by atomic mass is 10.2. The Bertz CT molecular complexity index is 836. The van der Waals surface area contributed by atoms with E-state index in [9.17, 15) is 4.79 Å². The fourth-order valence-corrected chi connectivity index (χ4v) is 2.08. The van der Waals surface area contributed by atoms with Gasteiger partial charge < -0.3 is 14.8 Å². The molecule has 6 heteroatoms. The summed E-state index contributed by atoms with van der Waals surface area (Å²) in [6.45, 7) is 0.335. The van der Waals surface area contributed by atoms with Crippen LogP contribution in [0, 0.1) is 0 Å². The summed E-state index contributed by atoms with van der Waals surface area (Å²) < 4.78 is 10.3. The van der Waals surface area contributed by atoms with Gasteiger partial charge in [0.15, 0.2) is 5.65 Å². The standard InChI is InChI=1S/C17H15N3O3/c1-22-14-6-2-4-12(10-14)11-19-17(21)23-15-8-7-13-5-3-9-18-16(13)20-15/h2-10H,11H2,1H3,(H,19,21). The summed E-state index contributed by atoms with van der Waals surface area (Å²) in [4.78, 5) is 20.2. The maximum absolute atomic E-state index is 11.9. The lowest BCUT2D eigenvalue weighted by molar-refractivity contribution is 0.198. The fraction of sp³-hybridized carbons (Fsp3) is 0.118. The summed E-state index contributed by atoms with van der Waals surface area (Å²) in [5.41, 5.74) is 1.44. The number of ether oxygens (including phenoxy) is 2. The molecule has 0 aliphatic heterocycles. The Morgan fingerprint density at radius 3 is 2.96 bits per heavy atom. The van der Waals surface area contributed by atoms with Crippen LogP contribution in [0.2, 0.25) is 0 Å². The van der Waals surface area contributed by atoms with E-state index in [1.165, 1.54) is 0 Å². The zero-order valence-corrected chi connectivity index (χ0v) is 12.5. The van der Waals surface area contributed by atoms with Crippen LogP contribution in [0.3, 0.4) is 0 Å². The second kappa shape index (κ2) is 6.74. The lowest BCUT2D eigenvalue weighted by Crippen LogP contribution is -2.26. The molecule has 6 nitrogen and oxygen atoms in total. The van der Waals surface area contributed by atoms with E-state index < -0.39 is 6.09 Å². The van der Waals surface area contributed by atoms with Crippen molar-refractivity contribution in [3.8, 4) is 11.6 Å². The predicted molar refractivity (Wildman–Crippen MR) is 85.4 cm³/mol. The van der Waals surface area contributed by atoms with Crippen molar-refractivity contribution in [1.82, 2.24) is 15.3 Å². The first kappa shape index (κ1) is 14.8. The molecule has 0 aliphatic rings. The Balaban J connectivity index is 1.61. The summed E-state index contributed by atoms with van der Waals surface area (Å²) in [7, 11) is 1.60. The first-order chi connectivity index (χ1) is 11.2. The number of methoxy groups -OCH3 is 1. The number of carbonyl (C=O) groups excluding carboxylic acids is 1. The molecule has 3 aromatic rings. The van der Waals surface area contributed by atoms with E-state index in [4.69, 9.17) is 9.47 Å². The van der Waals surface area contributed by atoms with Gasteiger partial charge in [0.2, 0.25) is 5.88 Å². The van der Waals surface area contributed by atoms with Crippen LogP contribution in [0.5, 0.6) is 11.6 Å². The Labute approximate surface area is 133 Å². The number of nitrogens with one attached hydrogen (secondary N) is 1. The highest BCUT2D eigenvalue weighted by atomic mass is 16.6. The van der Waals surface area contributed by atoms with E-state index >= 15 is 0 Å². The maximum Gasteiger partial charge on any atom is 0.414 e. The highest BCUT2D eigenvalue weighted by Crippen LogP contribution is 2.15. The molecule has 0 aliphatic carbocycles. The van der Waals surface area contributed by atoms with Crippen molar-refractivity contribution in [2.45, 2.75) is 6.54 Å². The molecule has 0 saturated heterocycles. The second-order valence-corrected chi connectivity index (χ2v) is 4.79. The third kappa shape index (κ3) is 3.74. The SMILES string of the molecule is COc1cccc(CNC(=O)Oc2ccc3cccnc3n2)c1. The Morgan fingerprint density at radius 1 is 1.17 bits per heavy atom. The summed E-state index contributed by atoms with van der Waals surface area (Å²) >= 11 is 0. The van der Waals surface area contributed by atoms with Crippen molar-refractivity contribution in [3.63, 3.8) is 0 Å². The quantitative estimate of drug-likeness (QED) is 0.802. The first-order valence-electron chi connectivity index (χ1n) is 7.05. The zero-order chi connectivity index (χ0) is 16.1. The minimum atomic E-state index is -0.574. The molecule has 0 fully saturated rings. The molecule has 0 radical (unpaired) electrons. The van der Waals surface area contributed by atoms with Crippen LogP contribution in [0.15, 0.2) is 54.7 Å². The number of hydrogen-bond acceptors (Lipinski definition) is 5. The largest absolute Gasteiger partial charge is 0.497 e. The van der Waals surface area contributed by atoms with Crippen LogP contribution in [0.25, 0.3) is 11.0 Å². The van der Waals surface area contributed by atoms with E-state index in [0.29, 0.717) is 12.2 Å². The zero-order valence-electron chi connectivity index (χ0n) is 12.5. The number of hydrogen-bond donors (Lipinski definition) is 1. The molecule has 1 aromatic carbocycles. The lowest BCUT2D eigenvalue weighted by Gasteiger charge is -2.07. The van der Waals surface area contributed by atoms with Crippen molar-refractivity contribution in [3.05, 3.63) is 60.3 Å². The number of pyridine rings is 2. The molecule has 116 valence electrons. The van der Waals surface area contributed by atoms with E-state index in [2.05, 4.69) is 15.3 Å². The minimum Gasteiger partial charge on any atom is -0.497 e. The van der Waals surface area contributed by atoms with E-state index in [0.717, 1.165) is 16.7 Å². The molecular formula is C17H15N3O3. The predicted octanol–water partition coefficient (Wildman–Crippen LogP) is 2.93. The van der Waals surface area contributed by atoms with Crippen molar-refractivity contribution < 1.29 is 14.3 Å².